The topological polar surface area (TPSA) is 25.8 Å². The maximum atomic E-state index is 5.04. The third-order valence-corrected chi connectivity index (χ3v) is 9.49. The van der Waals surface area contributed by atoms with Crippen molar-refractivity contribution in [1.29, 1.82) is 0 Å². The lowest BCUT2D eigenvalue weighted by Gasteiger charge is -2.18. The maximum Gasteiger partial charge on any atom is 0.0893 e. The van der Waals surface area contributed by atoms with E-state index in [0.29, 0.717) is 0 Å². The van der Waals surface area contributed by atoms with Crippen molar-refractivity contribution < 1.29 is 0 Å². The van der Waals surface area contributed by atoms with E-state index < -0.39 is 0 Å². The van der Waals surface area contributed by atoms with E-state index in [0.717, 1.165) is 39.5 Å². The molecule has 0 bridgehead atoms. The number of aromatic nitrogens is 2. The predicted molar refractivity (Wildman–Crippen MR) is 210 cm³/mol. The van der Waals surface area contributed by atoms with Gasteiger partial charge in [0, 0.05) is 11.1 Å². The van der Waals surface area contributed by atoms with E-state index in [1.54, 1.807) is 0 Å². The average molecular weight is 637 g/mol. The molecule has 2 heteroatoms. The summed E-state index contributed by atoms with van der Waals surface area (Å²) in [4.78, 5) is 9.98. The molecule has 0 aliphatic carbocycles. The molecule has 9 rings (SSSR count). The van der Waals surface area contributed by atoms with Gasteiger partial charge in [0.15, 0.2) is 0 Å². The van der Waals surface area contributed by atoms with Gasteiger partial charge in [-0.3, -0.25) is 0 Å². The van der Waals surface area contributed by atoms with Crippen LogP contribution in [0.5, 0.6) is 0 Å². The van der Waals surface area contributed by atoms with E-state index in [-0.39, 0.29) is 0 Å². The summed E-state index contributed by atoms with van der Waals surface area (Å²) in [6.45, 7) is 0. The van der Waals surface area contributed by atoms with Crippen LogP contribution in [0.15, 0.2) is 194 Å². The van der Waals surface area contributed by atoms with Gasteiger partial charge in [-0.1, -0.05) is 164 Å². The third kappa shape index (κ3) is 5.43. The average Bonchev–Trinajstić information content (AvgIpc) is 3.21. The van der Waals surface area contributed by atoms with Crippen LogP contribution in [0.4, 0.5) is 0 Å². The first-order chi connectivity index (χ1) is 24.8. The highest BCUT2D eigenvalue weighted by atomic mass is 14.8. The van der Waals surface area contributed by atoms with Gasteiger partial charge in [-0.25, -0.2) is 9.97 Å². The van der Waals surface area contributed by atoms with Gasteiger partial charge in [0.25, 0.3) is 0 Å². The van der Waals surface area contributed by atoms with Gasteiger partial charge in [-0.15, -0.1) is 0 Å². The van der Waals surface area contributed by atoms with E-state index in [1.165, 1.54) is 49.4 Å². The number of benzene rings is 7. The van der Waals surface area contributed by atoms with Crippen molar-refractivity contribution >= 4 is 21.5 Å². The Bertz CT molecular complexity index is 2610. The van der Waals surface area contributed by atoms with Gasteiger partial charge >= 0.3 is 0 Å². The zero-order chi connectivity index (χ0) is 33.3. The van der Waals surface area contributed by atoms with Crippen molar-refractivity contribution in [2.45, 2.75) is 0 Å². The van der Waals surface area contributed by atoms with E-state index in [9.17, 15) is 0 Å². The molecule has 234 valence electrons. The molecule has 0 saturated carbocycles. The second-order valence-electron chi connectivity index (χ2n) is 12.5. The van der Waals surface area contributed by atoms with Crippen molar-refractivity contribution in [1.82, 2.24) is 9.97 Å². The quantitative estimate of drug-likeness (QED) is 0.170. The van der Waals surface area contributed by atoms with Crippen LogP contribution in [0.3, 0.4) is 0 Å². The van der Waals surface area contributed by atoms with Crippen molar-refractivity contribution in [3.63, 3.8) is 0 Å². The molecule has 0 fully saturated rings. The molecule has 0 unspecified atom stereocenters. The Labute approximate surface area is 292 Å². The van der Waals surface area contributed by atoms with Crippen LogP contribution in [-0.4, -0.2) is 9.97 Å². The number of rotatable bonds is 6. The Balaban J connectivity index is 1.13. The lowest BCUT2D eigenvalue weighted by molar-refractivity contribution is 1.25. The standard InChI is InChI=1S/C48H32N2/c1-4-14-34(15-5-1)43-22-12-24-45(49-43)46-25-13-23-44(50-46)35-28-26-33(27-29-35)38-30-31-41-42(32-38)48(37-18-8-3-9-19-37)40-21-11-10-20-39(40)47(41)36-16-6-2-7-17-36/h1-32H. The first-order valence-corrected chi connectivity index (χ1v) is 17.0. The number of hydrogen-bond donors (Lipinski definition) is 0. The molecule has 0 aliphatic heterocycles. The van der Waals surface area contributed by atoms with Gasteiger partial charge in [0.05, 0.1) is 22.8 Å². The summed E-state index contributed by atoms with van der Waals surface area (Å²) < 4.78 is 0. The fourth-order valence-corrected chi connectivity index (χ4v) is 7.11. The zero-order valence-corrected chi connectivity index (χ0v) is 27.4. The molecule has 0 radical (unpaired) electrons. The minimum Gasteiger partial charge on any atom is -0.246 e. The van der Waals surface area contributed by atoms with Crippen LogP contribution in [0, 0.1) is 0 Å². The molecular formula is C48H32N2. The van der Waals surface area contributed by atoms with Gasteiger partial charge in [-0.05, 0) is 85.3 Å². The third-order valence-electron chi connectivity index (χ3n) is 9.49. The highest BCUT2D eigenvalue weighted by molar-refractivity contribution is 6.21. The summed E-state index contributed by atoms with van der Waals surface area (Å²) >= 11 is 0. The Morgan fingerprint density at radius 3 is 1.14 bits per heavy atom. The normalized spacial score (nSPS) is 11.2. The summed E-state index contributed by atoms with van der Waals surface area (Å²) in [5, 5.41) is 5.01. The lowest BCUT2D eigenvalue weighted by Crippen LogP contribution is -1.92. The number of fused-ring (bicyclic) bond motifs is 2. The fraction of sp³-hybridized carbons (Fsp3) is 0. The summed E-state index contributed by atoms with van der Waals surface area (Å²) in [6.07, 6.45) is 0. The molecule has 0 spiro atoms. The van der Waals surface area contributed by atoms with E-state index in [4.69, 9.17) is 9.97 Å². The van der Waals surface area contributed by atoms with Crippen molar-refractivity contribution in [3.8, 4) is 67.3 Å². The molecule has 0 saturated heterocycles. The van der Waals surface area contributed by atoms with E-state index in [2.05, 4.69) is 152 Å². The van der Waals surface area contributed by atoms with Crippen LogP contribution < -0.4 is 0 Å². The van der Waals surface area contributed by atoms with Crippen molar-refractivity contribution in [2.24, 2.45) is 0 Å². The molecule has 0 atom stereocenters. The van der Waals surface area contributed by atoms with Gasteiger partial charge in [0.1, 0.15) is 0 Å². The van der Waals surface area contributed by atoms with Crippen LogP contribution in [0.25, 0.3) is 88.8 Å². The zero-order valence-electron chi connectivity index (χ0n) is 27.4. The summed E-state index contributed by atoms with van der Waals surface area (Å²) in [5.41, 5.74) is 13.1. The second-order valence-corrected chi connectivity index (χ2v) is 12.5. The first kappa shape index (κ1) is 29.5. The minimum atomic E-state index is 0.855. The molecule has 7 aromatic carbocycles. The van der Waals surface area contributed by atoms with Crippen LogP contribution >= 0.6 is 0 Å². The molecule has 0 amide bonds. The van der Waals surface area contributed by atoms with Crippen LogP contribution in [0.1, 0.15) is 0 Å². The highest BCUT2D eigenvalue weighted by Crippen LogP contribution is 2.44. The van der Waals surface area contributed by atoms with Crippen LogP contribution in [-0.2, 0) is 0 Å². The molecule has 9 aromatic rings. The molecule has 0 aliphatic rings. The summed E-state index contributed by atoms with van der Waals surface area (Å²) in [5.74, 6) is 0. The fourth-order valence-electron chi connectivity index (χ4n) is 7.11. The molecule has 2 heterocycles. The lowest BCUT2D eigenvalue weighted by atomic mass is 9.85. The number of pyridine rings is 2. The SMILES string of the molecule is c1ccc(-c2cccc(-c3cccc(-c4ccc(-c5ccc6c(-c7ccccc7)c7ccccc7c(-c7ccccc7)c6c5)cc4)n3)n2)cc1. The minimum absolute atomic E-state index is 0.855. The first-order valence-electron chi connectivity index (χ1n) is 17.0. The summed E-state index contributed by atoms with van der Waals surface area (Å²) in [7, 11) is 0. The smallest absolute Gasteiger partial charge is 0.0893 e. The summed E-state index contributed by atoms with van der Waals surface area (Å²) in [6, 6.07) is 68.6. The van der Waals surface area contributed by atoms with Crippen molar-refractivity contribution in [2.75, 3.05) is 0 Å². The van der Waals surface area contributed by atoms with Gasteiger partial charge in [0.2, 0.25) is 0 Å². The molecular weight excluding hydrogens is 605 g/mol. The Hall–Kier alpha value is -6.64. The molecule has 2 aromatic heterocycles. The van der Waals surface area contributed by atoms with E-state index >= 15 is 0 Å². The molecule has 2 nitrogen and oxygen atoms in total. The molecule has 50 heavy (non-hydrogen) atoms. The van der Waals surface area contributed by atoms with E-state index in [1.807, 2.05) is 42.5 Å². The van der Waals surface area contributed by atoms with Crippen molar-refractivity contribution in [3.05, 3.63) is 194 Å². The Morgan fingerprint density at radius 1 is 0.220 bits per heavy atom. The van der Waals surface area contributed by atoms with Gasteiger partial charge in [-0.2, -0.15) is 0 Å². The highest BCUT2D eigenvalue weighted by Gasteiger charge is 2.17. The largest absolute Gasteiger partial charge is 0.246 e. The Kier molecular flexibility index (Phi) is 7.53. The van der Waals surface area contributed by atoms with Crippen LogP contribution in [0.2, 0.25) is 0 Å². The molecule has 0 N–H and O–H groups in total. The Morgan fingerprint density at radius 2 is 0.600 bits per heavy atom. The van der Waals surface area contributed by atoms with Gasteiger partial charge < -0.3 is 0 Å². The predicted octanol–water partition coefficient (Wildman–Crippen LogP) is 12.8. The maximum absolute atomic E-state index is 5.04. The number of nitrogens with zero attached hydrogens (tertiary/aromatic N) is 2. The second kappa shape index (κ2) is 12.8. The number of hydrogen-bond acceptors (Lipinski definition) is 2. The monoisotopic (exact) mass is 636 g/mol.